The fourth-order valence-corrected chi connectivity index (χ4v) is 4.20. The van der Waals surface area contributed by atoms with Crippen molar-refractivity contribution in [3.05, 3.63) is 23.8 Å². The van der Waals surface area contributed by atoms with Crippen molar-refractivity contribution in [1.29, 1.82) is 0 Å². The molecule has 1 amide bonds. The fraction of sp³-hybridized carbons (Fsp3) is 0.652. The summed E-state index contributed by atoms with van der Waals surface area (Å²) >= 11 is 0. The van der Waals surface area contributed by atoms with Gasteiger partial charge < -0.3 is 14.4 Å². The molecule has 2 atom stereocenters. The van der Waals surface area contributed by atoms with Crippen molar-refractivity contribution in [2.45, 2.75) is 65.1 Å². The van der Waals surface area contributed by atoms with Crippen LogP contribution in [0.1, 0.15) is 56.8 Å². The van der Waals surface area contributed by atoms with Gasteiger partial charge in [-0.05, 0) is 50.9 Å². The molecule has 168 valence electrons. The van der Waals surface area contributed by atoms with Crippen LogP contribution in [0, 0.1) is 18.8 Å². The van der Waals surface area contributed by atoms with Crippen LogP contribution in [0.3, 0.4) is 0 Å². The number of rotatable bonds is 7. The average molecular weight is 428 g/mol. The molecule has 2 aliphatic carbocycles. The van der Waals surface area contributed by atoms with E-state index in [2.05, 4.69) is 22.0 Å². The van der Waals surface area contributed by atoms with Crippen LogP contribution < -0.4 is 4.74 Å². The SMILES string of the molecule is Cc1nc(-c2cnn(C)c2COC(=O)N(C)C[C@@H]2C[C@H]2C)ncc1OC1CCCCC1. The number of hydrogen-bond donors (Lipinski definition) is 0. The Labute approximate surface area is 184 Å². The number of aryl methyl sites for hydroxylation is 2. The van der Waals surface area contributed by atoms with Crippen LogP contribution in [0.15, 0.2) is 12.4 Å². The van der Waals surface area contributed by atoms with Gasteiger partial charge in [0.2, 0.25) is 0 Å². The monoisotopic (exact) mass is 427 g/mol. The summed E-state index contributed by atoms with van der Waals surface area (Å²) in [5, 5.41) is 4.33. The highest BCUT2D eigenvalue weighted by atomic mass is 16.6. The molecular weight excluding hydrogens is 394 g/mol. The lowest BCUT2D eigenvalue weighted by Crippen LogP contribution is -2.29. The summed E-state index contributed by atoms with van der Waals surface area (Å²) in [7, 11) is 3.62. The Morgan fingerprint density at radius 3 is 2.68 bits per heavy atom. The molecule has 0 spiro atoms. The Balaban J connectivity index is 1.41. The highest BCUT2D eigenvalue weighted by molar-refractivity contribution is 5.67. The van der Waals surface area contributed by atoms with Gasteiger partial charge in [-0.15, -0.1) is 0 Å². The Morgan fingerprint density at radius 2 is 2.00 bits per heavy atom. The van der Waals surface area contributed by atoms with E-state index in [0.717, 1.165) is 42.1 Å². The maximum Gasteiger partial charge on any atom is 0.409 e. The zero-order valence-electron chi connectivity index (χ0n) is 19.0. The molecule has 2 aromatic heterocycles. The molecule has 0 radical (unpaired) electrons. The lowest BCUT2D eigenvalue weighted by atomic mass is 9.98. The van der Waals surface area contributed by atoms with Crippen LogP contribution in [0.5, 0.6) is 5.75 Å². The van der Waals surface area contributed by atoms with Gasteiger partial charge in [-0.1, -0.05) is 13.3 Å². The molecule has 0 aliphatic heterocycles. The van der Waals surface area contributed by atoms with Gasteiger partial charge in [0.25, 0.3) is 0 Å². The summed E-state index contributed by atoms with van der Waals surface area (Å²) in [6.07, 6.45) is 10.5. The number of nitrogens with zero attached hydrogens (tertiary/aromatic N) is 5. The Kier molecular flexibility index (Phi) is 6.43. The van der Waals surface area contributed by atoms with Crippen LogP contribution in [-0.4, -0.2) is 50.4 Å². The van der Waals surface area contributed by atoms with Crippen molar-refractivity contribution >= 4 is 6.09 Å². The third-order valence-corrected chi connectivity index (χ3v) is 6.51. The van der Waals surface area contributed by atoms with Gasteiger partial charge in [-0.25, -0.2) is 14.8 Å². The second kappa shape index (κ2) is 9.24. The minimum atomic E-state index is -0.320. The molecule has 8 heteroatoms. The first-order valence-corrected chi connectivity index (χ1v) is 11.3. The van der Waals surface area contributed by atoms with E-state index in [-0.39, 0.29) is 18.8 Å². The van der Waals surface area contributed by atoms with E-state index in [1.165, 1.54) is 25.7 Å². The van der Waals surface area contributed by atoms with Crippen molar-refractivity contribution in [3.8, 4) is 17.1 Å². The number of carbonyl (C=O) groups is 1. The van der Waals surface area contributed by atoms with E-state index in [0.29, 0.717) is 17.7 Å². The van der Waals surface area contributed by atoms with Crippen LogP contribution in [0.4, 0.5) is 4.79 Å². The summed E-state index contributed by atoms with van der Waals surface area (Å²) < 4.78 is 13.4. The second-order valence-corrected chi connectivity index (χ2v) is 9.06. The third kappa shape index (κ3) is 5.17. The molecule has 8 nitrogen and oxygen atoms in total. The van der Waals surface area contributed by atoms with E-state index >= 15 is 0 Å². The molecule has 31 heavy (non-hydrogen) atoms. The molecular formula is C23H33N5O3. The Morgan fingerprint density at radius 1 is 1.26 bits per heavy atom. The van der Waals surface area contributed by atoms with Gasteiger partial charge in [-0.3, -0.25) is 4.68 Å². The molecule has 2 aliphatic rings. The molecule has 0 saturated heterocycles. The molecule has 2 aromatic rings. The molecule has 0 N–H and O–H groups in total. The topological polar surface area (TPSA) is 82.4 Å². The number of carbonyl (C=O) groups excluding carboxylic acids is 1. The fourth-order valence-electron chi connectivity index (χ4n) is 4.20. The largest absolute Gasteiger partial charge is 0.487 e. The summed E-state index contributed by atoms with van der Waals surface area (Å²) in [5.41, 5.74) is 2.34. The number of amides is 1. The summed E-state index contributed by atoms with van der Waals surface area (Å²) in [5.74, 6) is 2.59. The third-order valence-electron chi connectivity index (χ3n) is 6.51. The smallest absolute Gasteiger partial charge is 0.409 e. The predicted octanol–water partition coefficient (Wildman–Crippen LogP) is 4.12. The zero-order chi connectivity index (χ0) is 22.0. The van der Waals surface area contributed by atoms with E-state index in [1.54, 1.807) is 29.0 Å². The molecule has 0 unspecified atom stereocenters. The van der Waals surface area contributed by atoms with E-state index < -0.39 is 0 Å². The van der Waals surface area contributed by atoms with E-state index in [9.17, 15) is 4.79 Å². The molecule has 0 bridgehead atoms. The molecule has 2 saturated carbocycles. The van der Waals surface area contributed by atoms with Crippen molar-refractivity contribution in [2.75, 3.05) is 13.6 Å². The molecule has 2 heterocycles. The highest BCUT2D eigenvalue weighted by Gasteiger charge is 2.34. The van der Waals surface area contributed by atoms with E-state index in [1.807, 2.05) is 14.0 Å². The van der Waals surface area contributed by atoms with Crippen molar-refractivity contribution in [2.24, 2.45) is 18.9 Å². The molecule has 0 aromatic carbocycles. The maximum atomic E-state index is 12.4. The van der Waals surface area contributed by atoms with Gasteiger partial charge in [0.15, 0.2) is 11.6 Å². The number of ether oxygens (including phenoxy) is 2. The van der Waals surface area contributed by atoms with Crippen LogP contribution in [-0.2, 0) is 18.4 Å². The summed E-state index contributed by atoms with van der Waals surface area (Å²) in [6, 6.07) is 0. The average Bonchev–Trinajstić information content (AvgIpc) is 3.32. The van der Waals surface area contributed by atoms with Gasteiger partial charge in [0.05, 0.1) is 35.4 Å². The lowest BCUT2D eigenvalue weighted by molar-refractivity contribution is 0.101. The van der Waals surface area contributed by atoms with Gasteiger partial charge in [0, 0.05) is 20.6 Å². The van der Waals surface area contributed by atoms with Crippen LogP contribution >= 0.6 is 0 Å². The van der Waals surface area contributed by atoms with E-state index in [4.69, 9.17) is 9.47 Å². The van der Waals surface area contributed by atoms with Gasteiger partial charge >= 0.3 is 6.09 Å². The first kappa shape index (κ1) is 21.6. The predicted molar refractivity (Wildman–Crippen MR) is 117 cm³/mol. The minimum absolute atomic E-state index is 0.123. The number of hydrogen-bond acceptors (Lipinski definition) is 6. The molecule has 4 rings (SSSR count). The summed E-state index contributed by atoms with van der Waals surface area (Å²) in [6.45, 7) is 5.01. The van der Waals surface area contributed by atoms with Gasteiger partial charge in [0.1, 0.15) is 6.61 Å². The second-order valence-electron chi connectivity index (χ2n) is 9.06. The molecule has 2 fully saturated rings. The van der Waals surface area contributed by atoms with Crippen LogP contribution in [0.2, 0.25) is 0 Å². The maximum absolute atomic E-state index is 12.4. The first-order valence-electron chi connectivity index (χ1n) is 11.3. The van der Waals surface area contributed by atoms with Crippen LogP contribution in [0.25, 0.3) is 11.4 Å². The Bertz CT molecular complexity index is 922. The van der Waals surface area contributed by atoms with Crippen molar-refractivity contribution in [1.82, 2.24) is 24.6 Å². The van der Waals surface area contributed by atoms with Gasteiger partial charge in [-0.2, -0.15) is 5.10 Å². The van der Waals surface area contributed by atoms with Crippen molar-refractivity contribution in [3.63, 3.8) is 0 Å². The normalized spacial score (nSPS) is 21.0. The standard InChI is InChI=1S/C23H33N5O3/c1-15-10-17(15)13-27(3)23(29)30-14-20-19(11-25-28(20)4)22-24-12-21(16(2)26-22)31-18-8-6-5-7-9-18/h11-12,15,17-18H,5-10,13-14H2,1-4H3/t15-,17+/m1/s1. The minimum Gasteiger partial charge on any atom is -0.487 e. The lowest BCUT2D eigenvalue weighted by Gasteiger charge is -2.23. The Hall–Kier alpha value is -2.64. The van der Waals surface area contributed by atoms with Crippen molar-refractivity contribution < 1.29 is 14.3 Å². The quantitative estimate of drug-likeness (QED) is 0.661. The number of aromatic nitrogens is 4. The first-order chi connectivity index (χ1) is 14.9. The summed E-state index contributed by atoms with van der Waals surface area (Å²) in [4.78, 5) is 23.2. The highest BCUT2D eigenvalue weighted by Crippen LogP contribution is 2.38. The zero-order valence-corrected chi connectivity index (χ0v) is 19.0.